The molecule has 30 heavy (non-hydrogen) atoms. The molecule has 2 aliphatic heterocycles. The number of hydrogen-bond acceptors (Lipinski definition) is 3. The molecule has 2 aromatic rings. The molecule has 2 atom stereocenters. The molecule has 1 aliphatic carbocycles. The Balaban J connectivity index is 1.55. The van der Waals surface area contributed by atoms with Crippen LogP contribution in [-0.4, -0.2) is 35.9 Å². The molecule has 3 aliphatic rings. The van der Waals surface area contributed by atoms with Gasteiger partial charge in [-0.2, -0.15) is 0 Å². The van der Waals surface area contributed by atoms with Crippen molar-refractivity contribution in [2.24, 2.45) is 0 Å². The third-order valence-electron chi connectivity index (χ3n) is 7.22. The number of carbonyl (C=O) groups is 2. The van der Waals surface area contributed by atoms with Crippen molar-refractivity contribution in [1.29, 1.82) is 0 Å². The maximum absolute atomic E-state index is 14.0. The van der Waals surface area contributed by atoms with E-state index in [-0.39, 0.29) is 23.4 Å². The Morgan fingerprint density at radius 1 is 1.03 bits per heavy atom. The van der Waals surface area contributed by atoms with Crippen molar-refractivity contribution in [3.8, 4) is 5.75 Å². The zero-order valence-electron chi connectivity index (χ0n) is 17.4. The van der Waals surface area contributed by atoms with E-state index >= 15 is 0 Å². The quantitative estimate of drug-likeness (QED) is 0.845. The summed E-state index contributed by atoms with van der Waals surface area (Å²) in [5, 5.41) is 3.28. The summed E-state index contributed by atoms with van der Waals surface area (Å²) in [6, 6.07) is 18.0. The van der Waals surface area contributed by atoms with Crippen LogP contribution in [0.5, 0.6) is 5.75 Å². The highest BCUT2D eigenvalue weighted by molar-refractivity contribution is 5.92. The van der Waals surface area contributed by atoms with Crippen LogP contribution in [0.3, 0.4) is 0 Å². The van der Waals surface area contributed by atoms with Gasteiger partial charge in [0.1, 0.15) is 5.75 Å². The average Bonchev–Trinajstić information content (AvgIpc) is 3.52. The highest BCUT2D eigenvalue weighted by Gasteiger charge is 2.58. The summed E-state index contributed by atoms with van der Waals surface area (Å²) in [6.07, 6.45) is 4.88. The lowest BCUT2D eigenvalue weighted by Gasteiger charge is -2.49. The summed E-state index contributed by atoms with van der Waals surface area (Å²) in [7, 11) is 1.65. The van der Waals surface area contributed by atoms with Crippen molar-refractivity contribution < 1.29 is 14.3 Å². The number of nitrogens with one attached hydrogen (secondary N) is 1. The molecule has 2 amide bonds. The van der Waals surface area contributed by atoms with Gasteiger partial charge < -0.3 is 15.0 Å². The zero-order chi connectivity index (χ0) is 20.8. The second kappa shape index (κ2) is 7.15. The van der Waals surface area contributed by atoms with Crippen LogP contribution in [0.2, 0.25) is 0 Å². The minimum Gasteiger partial charge on any atom is -0.497 e. The fraction of sp³-hybridized carbons (Fsp3) is 0.440. The van der Waals surface area contributed by atoms with Crippen molar-refractivity contribution in [2.45, 2.75) is 55.5 Å². The molecule has 1 spiro atoms. The Labute approximate surface area is 177 Å². The Morgan fingerprint density at radius 3 is 2.37 bits per heavy atom. The van der Waals surface area contributed by atoms with E-state index in [2.05, 4.69) is 22.3 Å². The van der Waals surface area contributed by atoms with Gasteiger partial charge in [0.15, 0.2) is 0 Å². The monoisotopic (exact) mass is 404 g/mol. The zero-order valence-corrected chi connectivity index (χ0v) is 17.4. The molecule has 2 saturated heterocycles. The molecule has 5 nitrogen and oxygen atoms in total. The second-order valence-corrected chi connectivity index (χ2v) is 8.93. The van der Waals surface area contributed by atoms with Gasteiger partial charge in [0.05, 0.1) is 24.1 Å². The maximum atomic E-state index is 14.0. The summed E-state index contributed by atoms with van der Waals surface area (Å²) in [5.41, 5.74) is 1.38. The predicted molar refractivity (Wildman–Crippen MR) is 114 cm³/mol. The van der Waals surface area contributed by atoms with E-state index in [0.29, 0.717) is 6.42 Å². The molecule has 3 fully saturated rings. The summed E-state index contributed by atoms with van der Waals surface area (Å²) >= 11 is 0. The van der Waals surface area contributed by atoms with Crippen LogP contribution in [0, 0.1) is 0 Å². The minimum absolute atomic E-state index is 0.0898. The van der Waals surface area contributed by atoms with Gasteiger partial charge in [0.2, 0.25) is 11.8 Å². The molecular formula is C25H28N2O3. The highest BCUT2D eigenvalue weighted by Crippen LogP contribution is 2.53. The molecule has 5 heteroatoms. The van der Waals surface area contributed by atoms with Gasteiger partial charge in [0, 0.05) is 13.0 Å². The summed E-state index contributed by atoms with van der Waals surface area (Å²) in [5.74, 6) is 1.08. The molecule has 0 aromatic heterocycles. The fourth-order valence-electron chi connectivity index (χ4n) is 5.55. The Hall–Kier alpha value is -2.82. The van der Waals surface area contributed by atoms with Crippen molar-refractivity contribution in [3.63, 3.8) is 0 Å². The number of ether oxygens (including phenoxy) is 1. The molecule has 2 heterocycles. The molecule has 1 N–H and O–H groups in total. The van der Waals surface area contributed by atoms with Crippen molar-refractivity contribution in [3.05, 3.63) is 65.7 Å². The number of methoxy groups -OCH3 is 1. The lowest BCUT2D eigenvalue weighted by atomic mass is 9.75. The van der Waals surface area contributed by atoms with E-state index in [0.717, 1.165) is 55.5 Å². The van der Waals surface area contributed by atoms with Gasteiger partial charge >= 0.3 is 0 Å². The number of piperidine rings is 1. The van der Waals surface area contributed by atoms with Crippen LogP contribution in [0.4, 0.5) is 0 Å². The summed E-state index contributed by atoms with van der Waals surface area (Å²) in [6.45, 7) is 0.724. The highest BCUT2D eigenvalue weighted by atomic mass is 16.5. The van der Waals surface area contributed by atoms with Crippen LogP contribution in [0.1, 0.15) is 55.7 Å². The third-order valence-corrected chi connectivity index (χ3v) is 7.22. The van der Waals surface area contributed by atoms with E-state index in [4.69, 9.17) is 4.74 Å². The van der Waals surface area contributed by atoms with Gasteiger partial charge in [-0.05, 0) is 55.4 Å². The molecule has 1 saturated carbocycles. The van der Waals surface area contributed by atoms with Gasteiger partial charge in [-0.1, -0.05) is 42.5 Å². The predicted octanol–water partition coefficient (Wildman–Crippen LogP) is 3.74. The van der Waals surface area contributed by atoms with Gasteiger partial charge in [-0.3, -0.25) is 9.59 Å². The van der Waals surface area contributed by atoms with Crippen molar-refractivity contribution >= 4 is 11.8 Å². The van der Waals surface area contributed by atoms with Gasteiger partial charge in [0.25, 0.3) is 0 Å². The lowest BCUT2D eigenvalue weighted by molar-refractivity contribution is -0.141. The Kier molecular flexibility index (Phi) is 4.57. The van der Waals surface area contributed by atoms with E-state index in [9.17, 15) is 9.59 Å². The van der Waals surface area contributed by atoms with Crippen LogP contribution < -0.4 is 10.1 Å². The first-order chi connectivity index (χ1) is 14.6. The number of benzene rings is 2. The first-order valence-electron chi connectivity index (χ1n) is 10.9. The Bertz CT molecular complexity index is 952. The van der Waals surface area contributed by atoms with E-state index in [1.165, 1.54) is 0 Å². The molecular weight excluding hydrogens is 376 g/mol. The third kappa shape index (κ3) is 2.99. The van der Waals surface area contributed by atoms with E-state index < -0.39 is 5.41 Å². The lowest BCUT2D eigenvalue weighted by Crippen LogP contribution is -2.59. The number of likely N-dealkylation sites (tertiary alicyclic amines) is 1. The van der Waals surface area contributed by atoms with Crippen LogP contribution in [0.25, 0.3) is 0 Å². The topological polar surface area (TPSA) is 58.6 Å². The molecule has 5 rings (SSSR count). The van der Waals surface area contributed by atoms with E-state index in [1.54, 1.807) is 7.11 Å². The summed E-state index contributed by atoms with van der Waals surface area (Å²) < 4.78 is 5.34. The van der Waals surface area contributed by atoms with Crippen molar-refractivity contribution in [2.75, 3.05) is 13.7 Å². The first kappa shape index (κ1) is 19.2. The van der Waals surface area contributed by atoms with Crippen LogP contribution >= 0.6 is 0 Å². The summed E-state index contributed by atoms with van der Waals surface area (Å²) in [4.78, 5) is 28.3. The maximum Gasteiger partial charge on any atom is 0.233 e. The normalized spacial score (nSPS) is 27.0. The van der Waals surface area contributed by atoms with Gasteiger partial charge in [-0.25, -0.2) is 0 Å². The largest absolute Gasteiger partial charge is 0.497 e. The number of amides is 2. The fourth-order valence-corrected chi connectivity index (χ4v) is 5.55. The van der Waals surface area contributed by atoms with Crippen molar-refractivity contribution in [1.82, 2.24) is 10.2 Å². The standard InChI is InChI=1S/C25H28N2O3/c1-30-20-10-8-18(9-11-20)22-25(14-12-21(28)26-25)13-5-17-27(22)23(29)24(15-16-24)19-6-3-2-4-7-19/h2-4,6-11,22H,5,12-17H2,1H3,(H,26,28)/t22-,25+/m1/s1. The average molecular weight is 405 g/mol. The second-order valence-electron chi connectivity index (χ2n) is 8.93. The molecule has 156 valence electrons. The van der Waals surface area contributed by atoms with Crippen LogP contribution in [0.15, 0.2) is 54.6 Å². The number of carbonyl (C=O) groups excluding carboxylic acids is 2. The number of hydrogen-bond donors (Lipinski definition) is 1. The Morgan fingerprint density at radius 2 is 1.77 bits per heavy atom. The van der Waals surface area contributed by atoms with Gasteiger partial charge in [-0.15, -0.1) is 0 Å². The first-order valence-corrected chi connectivity index (χ1v) is 10.9. The number of nitrogens with zero attached hydrogens (tertiary/aromatic N) is 1. The SMILES string of the molecule is COc1ccc([C@H]2N(C(=O)C3(c4ccccc4)CC3)CCC[C@]23CCC(=O)N3)cc1. The number of rotatable bonds is 4. The van der Waals surface area contributed by atoms with Crippen LogP contribution in [-0.2, 0) is 15.0 Å². The molecule has 0 radical (unpaired) electrons. The smallest absolute Gasteiger partial charge is 0.233 e. The van der Waals surface area contributed by atoms with E-state index in [1.807, 2.05) is 42.5 Å². The minimum atomic E-state index is -0.410. The molecule has 0 unspecified atom stereocenters. The molecule has 2 aromatic carbocycles. The molecule has 0 bridgehead atoms.